The Labute approximate surface area is 211 Å². The van der Waals surface area contributed by atoms with Crippen molar-refractivity contribution in [1.82, 2.24) is 4.98 Å². The molecule has 0 unspecified atom stereocenters. The summed E-state index contributed by atoms with van der Waals surface area (Å²) in [4.78, 5) is 4.62. The van der Waals surface area contributed by atoms with E-state index in [9.17, 15) is 5.11 Å². The van der Waals surface area contributed by atoms with Gasteiger partial charge in [-0.3, -0.25) is 0 Å². The van der Waals surface area contributed by atoms with Crippen molar-refractivity contribution in [1.29, 1.82) is 0 Å². The summed E-state index contributed by atoms with van der Waals surface area (Å²) in [5.74, 6) is 0.391. The van der Waals surface area contributed by atoms with Gasteiger partial charge in [0.25, 0.3) is 0 Å². The van der Waals surface area contributed by atoms with Crippen molar-refractivity contribution in [2.75, 3.05) is 0 Å². The van der Waals surface area contributed by atoms with Crippen LogP contribution in [-0.2, 0) is 18.8 Å². The van der Waals surface area contributed by atoms with Gasteiger partial charge in [-0.05, 0) is 41.7 Å². The Balaban J connectivity index is 1.43. The molecule has 184 valence electrons. The molecule has 0 amide bonds. The molecule has 0 radical (unpaired) electrons. The number of halogens is 1. The molecule has 0 bridgehead atoms. The van der Waals surface area contributed by atoms with Crippen molar-refractivity contribution < 1.29 is 19.0 Å². The van der Waals surface area contributed by atoms with E-state index in [2.05, 4.69) is 4.98 Å². The van der Waals surface area contributed by atoms with Crippen molar-refractivity contribution >= 4 is 0 Å². The zero-order chi connectivity index (χ0) is 24.8. The maximum atomic E-state index is 15.3. The van der Waals surface area contributed by atoms with Crippen LogP contribution in [0.25, 0.3) is 11.1 Å². The summed E-state index contributed by atoms with van der Waals surface area (Å²) in [6.07, 6.45) is 4.06. The van der Waals surface area contributed by atoms with E-state index in [4.69, 9.17) is 9.47 Å². The van der Waals surface area contributed by atoms with Crippen molar-refractivity contribution in [3.05, 3.63) is 114 Å². The third-order valence-electron chi connectivity index (χ3n) is 6.74. The zero-order valence-electron chi connectivity index (χ0n) is 20.2. The van der Waals surface area contributed by atoms with E-state index in [1.54, 1.807) is 12.1 Å². The van der Waals surface area contributed by atoms with Crippen molar-refractivity contribution in [2.24, 2.45) is 0 Å². The molecule has 1 saturated carbocycles. The standard InChI is InChI=1S/C31H30FNO3/c32-28-20-25(14-16-27(28)31(34)18-8-3-9-19-31)26-15-17-29(35-21-23-10-4-1-5-11-23)33-30(26)36-22-24-12-6-2-7-13-24/h1-2,4-7,10-17,20,34H,3,8-9,18-19,21-22H2. The SMILES string of the molecule is OC1(c2ccc(-c3ccc(OCc4ccccc4)nc3OCc3ccccc3)cc2F)CCCCC1. The lowest BCUT2D eigenvalue weighted by Gasteiger charge is -2.32. The normalized spacial score (nSPS) is 14.8. The van der Waals surface area contributed by atoms with Crippen LogP contribution in [-0.4, -0.2) is 10.1 Å². The first-order chi connectivity index (χ1) is 17.6. The smallest absolute Gasteiger partial charge is 0.225 e. The molecular weight excluding hydrogens is 453 g/mol. The first-order valence-corrected chi connectivity index (χ1v) is 12.5. The monoisotopic (exact) mass is 483 g/mol. The van der Waals surface area contributed by atoms with Gasteiger partial charge in [0, 0.05) is 17.2 Å². The topological polar surface area (TPSA) is 51.6 Å². The minimum atomic E-state index is -1.10. The van der Waals surface area contributed by atoms with Crippen LogP contribution in [0, 0.1) is 5.82 Å². The van der Waals surface area contributed by atoms with Gasteiger partial charge in [0.05, 0.1) is 5.60 Å². The lowest BCUT2D eigenvalue weighted by molar-refractivity contribution is -0.00371. The van der Waals surface area contributed by atoms with Gasteiger partial charge < -0.3 is 14.6 Å². The average Bonchev–Trinajstić information content (AvgIpc) is 2.92. The third-order valence-corrected chi connectivity index (χ3v) is 6.74. The Morgan fingerprint density at radius 3 is 2.03 bits per heavy atom. The van der Waals surface area contributed by atoms with Crippen molar-refractivity contribution in [3.63, 3.8) is 0 Å². The van der Waals surface area contributed by atoms with Gasteiger partial charge in [-0.2, -0.15) is 4.98 Å². The molecule has 1 aromatic heterocycles. The Kier molecular flexibility index (Phi) is 7.28. The third kappa shape index (κ3) is 5.58. The molecule has 0 saturated heterocycles. The number of ether oxygens (including phenoxy) is 2. The molecule has 5 heteroatoms. The molecule has 4 nitrogen and oxygen atoms in total. The predicted octanol–water partition coefficient (Wildman–Crippen LogP) is 7.20. The molecule has 1 aliphatic carbocycles. The summed E-state index contributed by atoms with van der Waals surface area (Å²) >= 11 is 0. The van der Waals surface area contributed by atoms with Crippen molar-refractivity contribution in [2.45, 2.75) is 50.9 Å². The molecule has 1 fully saturated rings. The molecule has 5 rings (SSSR count). The Bertz CT molecular complexity index is 1290. The minimum absolute atomic E-state index is 0.323. The second-order valence-corrected chi connectivity index (χ2v) is 9.34. The zero-order valence-corrected chi connectivity index (χ0v) is 20.2. The average molecular weight is 484 g/mol. The van der Waals surface area contributed by atoms with Gasteiger partial charge in [0.2, 0.25) is 11.8 Å². The molecule has 0 atom stereocenters. The van der Waals surface area contributed by atoms with E-state index in [0.29, 0.717) is 54.5 Å². The van der Waals surface area contributed by atoms with Crippen LogP contribution < -0.4 is 9.47 Å². The highest BCUT2D eigenvalue weighted by molar-refractivity contribution is 5.69. The van der Waals surface area contributed by atoms with E-state index in [0.717, 1.165) is 30.4 Å². The number of rotatable bonds is 8. The lowest BCUT2D eigenvalue weighted by Crippen LogP contribution is -2.29. The van der Waals surface area contributed by atoms with Gasteiger partial charge in [0.15, 0.2) is 0 Å². The quantitative estimate of drug-likeness (QED) is 0.288. The van der Waals surface area contributed by atoms with Gasteiger partial charge in [-0.15, -0.1) is 0 Å². The maximum Gasteiger partial charge on any atom is 0.225 e. The molecule has 4 aromatic rings. The molecular formula is C31H30FNO3. The Morgan fingerprint density at radius 1 is 0.750 bits per heavy atom. The van der Waals surface area contributed by atoms with Crippen LogP contribution in [0.3, 0.4) is 0 Å². The number of aromatic nitrogens is 1. The second kappa shape index (κ2) is 10.9. The summed E-state index contributed by atoms with van der Waals surface area (Å²) in [5.41, 5.74) is 2.62. The fourth-order valence-corrected chi connectivity index (χ4v) is 4.76. The Hall–Kier alpha value is -3.70. The van der Waals surface area contributed by atoms with Gasteiger partial charge in [-0.1, -0.05) is 92.1 Å². The second-order valence-electron chi connectivity index (χ2n) is 9.34. The van der Waals surface area contributed by atoms with Crippen LogP contribution >= 0.6 is 0 Å². The van der Waals surface area contributed by atoms with E-state index in [1.807, 2.05) is 72.8 Å². The number of nitrogens with zero attached hydrogens (tertiary/aromatic N) is 1. The van der Waals surface area contributed by atoms with Crippen LogP contribution in [0.4, 0.5) is 4.39 Å². The van der Waals surface area contributed by atoms with E-state index in [1.165, 1.54) is 6.07 Å². The fraction of sp³-hybridized carbons (Fsp3) is 0.258. The summed E-state index contributed by atoms with van der Waals surface area (Å²) in [6.45, 7) is 0.705. The summed E-state index contributed by atoms with van der Waals surface area (Å²) < 4.78 is 27.3. The minimum Gasteiger partial charge on any atom is -0.473 e. The highest BCUT2D eigenvalue weighted by Crippen LogP contribution is 2.40. The van der Waals surface area contributed by atoms with Crippen molar-refractivity contribution in [3.8, 4) is 22.9 Å². The van der Waals surface area contributed by atoms with Crippen LogP contribution in [0.5, 0.6) is 11.8 Å². The summed E-state index contributed by atoms with van der Waals surface area (Å²) in [7, 11) is 0. The molecule has 1 N–H and O–H groups in total. The number of aliphatic hydroxyl groups is 1. The molecule has 36 heavy (non-hydrogen) atoms. The fourth-order valence-electron chi connectivity index (χ4n) is 4.76. The lowest BCUT2D eigenvalue weighted by atomic mass is 9.79. The van der Waals surface area contributed by atoms with Crippen LogP contribution in [0.1, 0.15) is 48.8 Å². The first-order valence-electron chi connectivity index (χ1n) is 12.5. The number of pyridine rings is 1. The molecule has 1 aliphatic rings. The molecule has 3 aromatic carbocycles. The first kappa shape index (κ1) is 24.0. The van der Waals surface area contributed by atoms with E-state index < -0.39 is 11.4 Å². The van der Waals surface area contributed by atoms with Gasteiger partial charge in [0.1, 0.15) is 19.0 Å². The summed E-state index contributed by atoms with van der Waals surface area (Å²) in [5, 5.41) is 11.0. The largest absolute Gasteiger partial charge is 0.473 e. The van der Waals surface area contributed by atoms with E-state index >= 15 is 4.39 Å². The summed E-state index contributed by atoms with van der Waals surface area (Å²) in [6, 6.07) is 28.3. The van der Waals surface area contributed by atoms with Gasteiger partial charge in [-0.25, -0.2) is 4.39 Å². The molecule has 0 aliphatic heterocycles. The Morgan fingerprint density at radius 2 is 1.39 bits per heavy atom. The number of hydrogen-bond donors (Lipinski definition) is 1. The molecule has 0 spiro atoms. The number of benzene rings is 3. The molecule has 1 heterocycles. The highest BCUT2D eigenvalue weighted by Gasteiger charge is 2.33. The van der Waals surface area contributed by atoms with Gasteiger partial charge >= 0.3 is 0 Å². The van der Waals surface area contributed by atoms with Crippen LogP contribution in [0.2, 0.25) is 0 Å². The van der Waals surface area contributed by atoms with E-state index in [-0.39, 0.29) is 0 Å². The highest BCUT2D eigenvalue weighted by atomic mass is 19.1. The van der Waals surface area contributed by atoms with Crippen LogP contribution in [0.15, 0.2) is 91.0 Å². The maximum absolute atomic E-state index is 15.3. The number of hydrogen-bond acceptors (Lipinski definition) is 4. The predicted molar refractivity (Wildman–Crippen MR) is 138 cm³/mol.